The molecule has 3 N–H and O–H groups in total. The number of carbonyl (C=O) groups excluding carboxylic acids is 1. The van der Waals surface area contributed by atoms with Gasteiger partial charge in [0.05, 0.1) is 22.7 Å². The van der Waals surface area contributed by atoms with E-state index in [1.807, 2.05) is 25.1 Å². The number of amides is 1. The van der Waals surface area contributed by atoms with Crippen molar-refractivity contribution in [1.29, 1.82) is 0 Å². The smallest absolute Gasteiger partial charge is 0.328 e. The van der Waals surface area contributed by atoms with Crippen molar-refractivity contribution in [3.8, 4) is 0 Å². The monoisotopic (exact) mass is 411 g/mol. The van der Waals surface area contributed by atoms with Crippen molar-refractivity contribution in [3.63, 3.8) is 0 Å². The van der Waals surface area contributed by atoms with E-state index in [0.717, 1.165) is 22.4 Å². The Bertz CT molecular complexity index is 1210. The summed E-state index contributed by atoms with van der Waals surface area (Å²) < 4.78 is 1.29. The van der Waals surface area contributed by atoms with Crippen molar-refractivity contribution >= 4 is 16.9 Å². The number of nitrogens with zero attached hydrogens (tertiary/aromatic N) is 3. The summed E-state index contributed by atoms with van der Waals surface area (Å²) in [5.41, 5.74) is 0.687. The number of carbonyl (C=O) groups is 1. The summed E-state index contributed by atoms with van der Waals surface area (Å²) in [7, 11) is 0. The molecule has 9 nitrogen and oxygen atoms in total. The number of aromatic nitrogens is 4. The normalized spacial score (nSPS) is 21.8. The van der Waals surface area contributed by atoms with Gasteiger partial charge < -0.3 is 15.0 Å². The number of benzene rings is 1. The Morgan fingerprint density at radius 2 is 2.10 bits per heavy atom. The van der Waals surface area contributed by atoms with Crippen LogP contribution in [0.3, 0.4) is 0 Å². The third-order valence-electron chi connectivity index (χ3n) is 5.80. The summed E-state index contributed by atoms with van der Waals surface area (Å²) in [6.45, 7) is 4.25. The fraction of sp³-hybridized carbons (Fsp3) is 0.429. The fourth-order valence-corrected chi connectivity index (χ4v) is 3.99. The zero-order valence-corrected chi connectivity index (χ0v) is 17.0. The number of aliphatic hydroxyl groups is 1. The lowest BCUT2D eigenvalue weighted by molar-refractivity contribution is -0.138. The zero-order valence-electron chi connectivity index (χ0n) is 17.0. The van der Waals surface area contributed by atoms with Crippen LogP contribution in [0.4, 0.5) is 0 Å². The number of likely N-dealkylation sites (tertiary alicyclic amines) is 1. The molecule has 0 bridgehead atoms. The Morgan fingerprint density at radius 1 is 1.30 bits per heavy atom. The van der Waals surface area contributed by atoms with Crippen molar-refractivity contribution in [2.24, 2.45) is 0 Å². The first-order chi connectivity index (χ1) is 14.2. The average molecular weight is 411 g/mol. The first-order valence-electron chi connectivity index (χ1n) is 10.00. The maximum Gasteiger partial charge on any atom is 0.328 e. The minimum atomic E-state index is -1.17. The van der Waals surface area contributed by atoms with Crippen LogP contribution in [0.25, 0.3) is 11.0 Å². The van der Waals surface area contributed by atoms with Crippen LogP contribution >= 0.6 is 0 Å². The second kappa shape index (κ2) is 7.56. The highest BCUT2D eigenvalue weighted by Gasteiger charge is 2.40. The quantitative estimate of drug-likeness (QED) is 0.588. The maximum absolute atomic E-state index is 12.8. The minimum absolute atomic E-state index is 0.0652. The molecule has 0 radical (unpaired) electrons. The molecule has 1 aromatic carbocycles. The predicted octanol–water partition coefficient (Wildman–Crippen LogP) is 0.879. The molecule has 158 valence electrons. The van der Waals surface area contributed by atoms with Crippen LogP contribution in [0.15, 0.2) is 40.1 Å². The first kappa shape index (κ1) is 20.1. The number of rotatable bonds is 4. The molecular formula is C21H25N5O4. The molecule has 1 aliphatic heterocycles. The summed E-state index contributed by atoms with van der Waals surface area (Å²) in [4.78, 5) is 48.0. The lowest BCUT2D eigenvalue weighted by Gasteiger charge is -2.43. The van der Waals surface area contributed by atoms with E-state index in [1.54, 1.807) is 11.8 Å². The van der Waals surface area contributed by atoms with Crippen molar-refractivity contribution in [2.75, 3.05) is 13.1 Å². The van der Waals surface area contributed by atoms with E-state index >= 15 is 0 Å². The number of hydrogen-bond acceptors (Lipinski definition) is 5. The molecule has 9 heteroatoms. The van der Waals surface area contributed by atoms with E-state index in [4.69, 9.17) is 0 Å². The van der Waals surface area contributed by atoms with Gasteiger partial charge in [0, 0.05) is 38.2 Å². The van der Waals surface area contributed by atoms with Crippen LogP contribution < -0.4 is 11.2 Å². The van der Waals surface area contributed by atoms with E-state index in [2.05, 4.69) is 15.0 Å². The van der Waals surface area contributed by atoms with E-state index in [9.17, 15) is 19.5 Å². The molecule has 4 rings (SSSR count). The molecule has 3 heterocycles. The third-order valence-corrected chi connectivity index (χ3v) is 5.80. The lowest BCUT2D eigenvalue weighted by Crippen LogP contribution is -2.55. The van der Waals surface area contributed by atoms with Crippen LogP contribution in [0, 0.1) is 6.92 Å². The van der Waals surface area contributed by atoms with Crippen LogP contribution in [-0.4, -0.2) is 54.1 Å². The molecule has 1 amide bonds. The molecule has 1 saturated heterocycles. The summed E-state index contributed by atoms with van der Waals surface area (Å²) in [6, 6.07) is 6.56. The van der Waals surface area contributed by atoms with Gasteiger partial charge in [0.15, 0.2) is 0 Å². The van der Waals surface area contributed by atoms with Gasteiger partial charge in [-0.3, -0.25) is 19.1 Å². The molecule has 1 aliphatic rings. The molecule has 3 aromatic rings. The van der Waals surface area contributed by atoms with Gasteiger partial charge in [-0.2, -0.15) is 0 Å². The van der Waals surface area contributed by atoms with Crippen molar-refractivity contribution in [3.05, 3.63) is 62.7 Å². The van der Waals surface area contributed by atoms with Gasteiger partial charge in [0.2, 0.25) is 5.91 Å². The van der Waals surface area contributed by atoms with Crippen LogP contribution in [0.2, 0.25) is 0 Å². The molecule has 0 spiro atoms. The predicted molar refractivity (Wildman–Crippen MR) is 111 cm³/mol. The summed E-state index contributed by atoms with van der Waals surface area (Å²) in [5.74, 6) is 0.686. The Labute approximate surface area is 172 Å². The van der Waals surface area contributed by atoms with Gasteiger partial charge in [-0.1, -0.05) is 6.07 Å². The van der Waals surface area contributed by atoms with Crippen LogP contribution in [0.1, 0.15) is 37.2 Å². The highest BCUT2D eigenvalue weighted by Crippen LogP contribution is 2.31. The topological polar surface area (TPSA) is 124 Å². The van der Waals surface area contributed by atoms with Crippen molar-refractivity contribution < 1.29 is 9.90 Å². The Morgan fingerprint density at radius 3 is 2.87 bits per heavy atom. The van der Waals surface area contributed by atoms with E-state index in [0.29, 0.717) is 19.4 Å². The highest BCUT2D eigenvalue weighted by molar-refractivity contribution is 5.78. The highest BCUT2D eigenvalue weighted by atomic mass is 16.3. The molecule has 30 heavy (non-hydrogen) atoms. The van der Waals surface area contributed by atoms with Gasteiger partial charge in [0.1, 0.15) is 5.82 Å². The number of piperidine rings is 1. The fourth-order valence-electron chi connectivity index (χ4n) is 3.99. The third kappa shape index (κ3) is 3.93. The average Bonchev–Trinajstić information content (AvgIpc) is 3.08. The van der Waals surface area contributed by atoms with E-state index < -0.39 is 22.9 Å². The molecule has 0 saturated carbocycles. The number of imidazole rings is 1. The Hall–Kier alpha value is -3.20. The summed E-state index contributed by atoms with van der Waals surface area (Å²) in [6.07, 6.45) is 2.44. The van der Waals surface area contributed by atoms with Crippen LogP contribution in [-0.2, 0) is 11.2 Å². The number of H-pyrrole nitrogens is 2. The van der Waals surface area contributed by atoms with Gasteiger partial charge in [-0.15, -0.1) is 0 Å². The molecule has 1 fully saturated rings. The van der Waals surface area contributed by atoms with E-state index in [1.165, 1.54) is 16.8 Å². The number of hydrogen-bond donors (Lipinski definition) is 3. The first-order valence-corrected chi connectivity index (χ1v) is 10.00. The summed E-state index contributed by atoms with van der Waals surface area (Å²) in [5, 5.41) is 10.8. The second-order valence-electron chi connectivity index (χ2n) is 8.18. The lowest BCUT2D eigenvalue weighted by atomic mass is 9.88. The second-order valence-corrected chi connectivity index (χ2v) is 8.18. The molecular weight excluding hydrogens is 386 g/mol. The number of fused-ring (bicyclic) bond motifs is 1. The van der Waals surface area contributed by atoms with Gasteiger partial charge in [-0.05, 0) is 38.0 Å². The molecule has 0 unspecified atom stereocenters. The van der Waals surface area contributed by atoms with Gasteiger partial charge in [-0.25, -0.2) is 9.78 Å². The largest absolute Gasteiger partial charge is 0.388 e. The molecule has 0 aliphatic carbocycles. The summed E-state index contributed by atoms with van der Waals surface area (Å²) >= 11 is 0. The Kier molecular flexibility index (Phi) is 5.07. The van der Waals surface area contributed by atoms with Gasteiger partial charge >= 0.3 is 5.69 Å². The molecule has 2 atom stereocenters. The van der Waals surface area contributed by atoms with Crippen molar-refractivity contribution in [2.45, 2.75) is 44.8 Å². The van der Waals surface area contributed by atoms with Gasteiger partial charge in [0.25, 0.3) is 5.56 Å². The maximum atomic E-state index is 12.8. The minimum Gasteiger partial charge on any atom is -0.388 e. The van der Waals surface area contributed by atoms with Crippen LogP contribution in [0.5, 0.6) is 0 Å². The number of nitrogens with one attached hydrogen (secondary N) is 2. The van der Waals surface area contributed by atoms with E-state index in [-0.39, 0.29) is 18.9 Å². The SMILES string of the molecule is Cc1ccc2nc(CCC(=O)N3CC[C@@](C)(O)[C@H](n4ccc(=O)[nH]c4=O)C3)[nH]c2c1. The Balaban J connectivity index is 1.47. The number of aromatic amines is 2. The standard InChI is InChI=1S/C21H25N5O4/c1-13-3-4-14-15(11-13)23-17(22-14)5-6-19(28)25-10-8-21(2,30)16(12-25)26-9-7-18(27)24-20(26)29/h3-4,7,9,11,16,30H,5-6,8,10,12H2,1-2H3,(H,22,23)(H,24,27,29)/t16-,21-/m1/s1. The number of aryl methyl sites for hydroxylation is 2. The zero-order chi connectivity index (χ0) is 21.5. The molecule has 2 aromatic heterocycles. The van der Waals surface area contributed by atoms with Crippen molar-refractivity contribution in [1.82, 2.24) is 24.4 Å².